The molecule has 0 saturated carbocycles. The average Bonchev–Trinajstić information content (AvgIpc) is 2.83. The molecule has 2 amide bonds. The van der Waals surface area contributed by atoms with Gasteiger partial charge in [0.15, 0.2) is 0 Å². The number of amides is 2. The Labute approximate surface area is 152 Å². The van der Waals surface area contributed by atoms with Gasteiger partial charge in [-0.1, -0.05) is 23.3 Å². The van der Waals surface area contributed by atoms with E-state index in [-0.39, 0.29) is 34.4 Å². The van der Waals surface area contributed by atoms with E-state index in [2.05, 4.69) is 0 Å². The Morgan fingerprint density at radius 2 is 2.08 bits per heavy atom. The largest absolute Gasteiger partial charge is 0.336 e. The number of fused-ring (bicyclic) bond motifs is 4. The van der Waals surface area contributed by atoms with Crippen LogP contribution in [0.25, 0.3) is 0 Å². The normalized spacial score (nSPS) is 22.8. The van der Waals surface area contributed by atoms with Gasteiger partial charge < -0.3 is 9.80 Å². The number of carbonyl (C=O) groups is 2. The first-order valence-electron chi connectivity index (χ1n) is 8.55. The number of hydrogen-bond acceptors (Lipinski definition) is 2. The summed E-state index contributed by atoms with van der Waals surface area (Å²) in [6.07, 6.45) is 3.74. The number of nitrogens with zero attached hydrogens (tertiary/aromatic N) is 2. The zero-order valence-electron chi connectivity index (χ0n) is 14.5. The van der Waals surface area contributed by atoms with Crippen LogP contribution >= 0.6 is 11.6 Å². The predicted molar refractivity (Wildman–Crippen MR) is 95.0 cm³/mol. The number of hydrogen-bond donors (Lipinski definition) is 0. The third kappa shape index (κ3) is 3.71. The molecule has 0 spiro atoms. The number of piperidine rings is 1. The van der Waals surface area contributed by atoms with Crippen LogP contribution in [0.1, 0.15) is 37.0 Å². The zero-order valence-corrected chi connectivity index (χ0v) is 15.2. The molecule has 2 bridgehead atoms. The van der Waals surface area contributed by atoms with Crippen LogP contribution in [0, 0.1) is 11.7 Å². The first kappa shape index (κ1) is 17.9. The summed E-state index contributed by atoms with van der Waals surface area (Å²) in [7, 11) is 0. The highest BCUT2D eigenvalue weighted by molar-refractivity contribution is 6.33. The molecule has 3 aliphatic rings. The van der Waals surface area contributed by atoms with Gasteiger partial charge in [0, 0.05) is 25.7 Å². The average molecular weight is 365 g/mol. The lowest BCUT2D eigenvalue weighted by Gasteiger charge is -2.35. The van der Waals surface area contributed by atoms with E-state index in [0.717, 1.165) is 18.9 Å². The highest BCUT2D eigenvalue weighted by atomic mass is 35.5. The summed E-state index contributed by atoms with van der Waals surface area (Å²) in [4.78, 5) is 29.2. The molecular weight excluding hydrogens is 343 g/mol. The van der Waals surface area contributed by atoms with Gasteiger partial charge in [-0.15, -0.1) is 0 Å². The fourth-order valence-corrected chi connectivity index (χ4v) is 3.81. The summed E-state index contributed by atoms with van der Waals surface area (Å²) >= 11 is 6.04. The summed E-state index contributed by atoms with van der Waals surface area (Å²) in [5.74, 6) is -0.763. The molecule has 3 saturated heterocycles. The Balaban J connectivity index is 1.82. The lowest BCUT2D eigenvalue weighted by Crippen LogP contribution is -2.48. The Morgan fingerprint density at radius 1 is 1.32 bits per heavy atom. The van der Waals surface area contributed by atoms with Gasteiger partial charge in [0.2, 0.25) is 5.91 Å². The van der Waals surface area contributed by atoms with Gasteiger partial charge in [-0.05, 0) is 44.9 Å². The van der Waals surface area contributed by atoms with E-state index in [4.69, 9.17) is 11.6 Å². The van der Waals surface area contributed by atoms with Crippen LogP contribution in [0.15, 0.2) is 29.8 Å². The first-order chi connectivity index (χ1) is 11.9. The first-order valence-corrected chi connectivity index (χ1v) is 8.92. The Hall–Kier alpha value is -1.88. The van der Waals surface area contributed by atoms with Gasteiger partial charge in [-0.25, -0.2) is 4.39 Å². The van der Waals surface area contributed by atoms with Crippen molar-refractivity contribution < 1.29 is 14.0 Å². The van der Waals surface area contributed by atoms with Crippen molar-refractivity contribution in [3.05, 3.63) is 46.3 Å². The van der Waals surface area contributed by atoms with Crippen LogP contribution < -0.4 is 0 Å². The van der Waals surface area contributed by atoms with Gasteiger partial charge in [0.05, 0.1) is 16.5 Å². The highest BCUT2D eigenvalue weighted by Gasteiger charge is 2.41. The van der Waals surface area contributed by atoms with Crippen molar-refractivity contribution in [2.45, 2.75) is 32.7 Å². The Morgan fingerprint density at radius 3 is 2.76 bits per heavy atom. The second kappa shape index (κ2) is 7.16. The van der Waals surface area contributed by atoms with Crippen molar-refractivity contribution in [2.24, 2.45) is 5.92 Å². The highest BCUT2D eigenvalue weighted by Crippen LogP contribution is 2.30. The summed E-state index contributed by atoms with van der Waals surface area (Å²) in [6, 6.07) is 3.81. The van der Waals surface area contributed by atoms with E-state index < -0.39 is 5.82 Å². The summed E-state index contributed by atoms with van der Waals surface area (Å²) < 4.78 is 13.2. The van der Waals surface area contributed by atoms with Gasteiger partial charge >= 0.3 is 0 Å². The van der Waals surface area contributed by atoms with Crippen LogP contribution in [0.5, 0.6) is 0 Å². The smallest absolute Gasteiger partial charge is 0.255 e. The molecule has 134 valence electrons. The van der Waals surface area contributed by atoms with Crippen LogP contribution in [-0.2, 0) is 4.79 Å². The molecule has 6 heteroatoms. The number of allylic oxidation sites excluding steroid dienone is 1. The monoisotopic (exact) mass is 364 g/mol. The fraction of sp³-hybridized carbons (Fsp3) is 0.474. The van der Waals surface area contributed by atoms with E-state index in [9.17, 15) is 14.0 Å². The second-order valence-corrected chi connectivity index (χ2v) is 7.44. The van der Waals surface area contributed by atoms with Crippen molar-refractivity contribution in [1.29, 1.82) is 0 Å². The van der Waals surface area contributed by atoms with E-state index in [1.165, 1.54) is 17.7 Å². The molecule has 0 radical (unpaired) electrons. The SMILES string of the molecule is CC(C)=CCN1C(=O)[C@H]2CC[C@@H]1CN(C(=O)c1ccc(F)cc1Cl)C2. The van der Waals surface area contributed by atoms with Gasteiger partial charge in [0.1, 0.15) is 5.82 Å². The third-order valence-corrected chi connectivity index (χ3v) is 5.25. The van der Waals surface area contributed by atoms with Crippen LogP contribution in [-0.4, -0.2) is 47.3 Å². The lowest BCUT2D eigenvalue weighted by atomic mass is 9.94. The van der Waals surface area contributed by atoms with E-state index in [0.29, 0.717) is 19.6 Å². The maximum atomic E-state index is 13.2. The van der Waals surface area contributed by atoms with E-state index in [1.54, 1.807) is 4.90 Å². The second-order valence-electron chi connectivity index (χ2n) is 7.03. The van der Waals surface area contributed by atoms with E-state index >= 15 is 0 Å². The third-order valence-electron chi connectivity index (χ3n) is 4.94. The van der Waals surface area contributed by atoms with Crippen LogP contribution in [0.2, 0.25) is 5.02 Å². The molecule has 0 unspecified atom stereocenters. The topological polar surface area (TPSA) is 40.6 Å². The van der Waals surface area contributed by atoms with Crippen molar-refractivity contribution >= 4 is 23.4 Å². The minimum absolute atomic E-state index is 0.0185. The molecule has 3 aliphatic heterocycles. The standard InChI is InChI=1S/C19H22ClFN2O2/c1-12(2)7-8-23-15-5-3-13(18(23)24)10-22(11-15)19(25)16-6-4-14(21)9-17(16)20/h4,6-7,9,13,15H,3,5,8,10-11H2,1-2H3/t13-,15+/m0/s1. The molecule has 0 aromatic heterocycles. The molecule has 4 rings (SSSR count). The molecule has 3 fully saturated rings. The molecule has 0 N–H and O–H groups in total. The Kier molecular flexibility index (Phi) is 5.13. The zero-order chi connectivity index (χ0) is 18.1. The molecule has 2 atom stereocenters. The lowest BCUT2D eigenvalue weighted by molar-refractivity contribution is -0.139. The van der Waals surface area contributed by atoms with Crippen molar-refractivity contribution in [1.82, 2.24) is 9.80 Å². The quantitative estimate of drug-likeness (QED) is 0.770. The molecular formula is C19H22ClFN2O2. The molecule has 25 heavy (non-hydrogen) atoms. The summed E-state index contributed by atoms with van der Waals surface area (Å²) in [5, 5.41) is 0.106. The number of rotatable bonds is 3. The van der Waals surface area contributed by atoms with Gasteiger partial charge in [-0.3, -0.25) is 9.59 Å². The van der Waals surface area contributed by atoms with Crippen molar-refractivity contribution in [3.63, 3.8) is 0 Å². The number of benzene rings is 1. The van der Waals surface area contributed by atoms with E-state index in [1.807, 2.05) is 24.8 Å². The molecule has 3 heterocycles. The van der Waals surface area contributed by atoms with Crippen LogP contribution in [0.4, 0.5) is 4.39 Å². The van der Waals surface area contributed by atoms with Crippen molar-refractivity contribution in [2.75, 3.05) is 19.6 Å². The minimum atomic E-state index is -0.472. The molecule has 1 aromatic rings. The fourth-order valence-electron chi connectivity index (χ4n) is 3.56. The number of halogens is 2. The number of carbonyl (C=O) groups excluding carboxylic acids is 2. The minimum Gasteiger partial charge on any atom is -0.336 e. The van der Waals surface area contributed by atoms with Gasteiger partial charge in [0.25, 0.3) is 5.91 Å². The predicted octanol–water partition coefficient (Wildman–Crippen LogP) is 3.51. The van der Waals surface area contributed by atoms with Crippen LogP contribution in [0.3, 0.4) is 0 Å². The van der Waals surface area contributed by atoms with Crippen molar-refractivity contribution in [3.8, 4) is 0 Å². The molecule has 1 aromatic carbocycles. The molecule has 4 nitrogen and oxygen atoms in total. The van der Waals surface area contributed by atoms with Gasteiger partial charge in [-0.2, -0.15) is 0 Å². The molecule has 0 aliphatic carbocycles. The summed E-state index contributed by atoms with van der Waals surface area (Å²) in [5.41, 5.74) is 1.45. The maximum absolute atomic E-state index is 13.2. The maximum Gasteiger partial charge on any atom is 0.255 e. The summed E-state index contributed by atoms with van der Waals surface area (Å²) in [6.45, 7) is 5.49. The Bertz CT molecular complexity index is 730.